The third-order valence-electron chi connectivity index (χ3n) is 2.85. The Morgan fingerprint density at radius 3 is 2.56 bits per heavy atom. The molecule has 0 aromatic carbocycles. The van der Waals surface area contributed by atoms with Crippen LogP contribution in [0.2, 0.25) is 0 Å². The van der Waals surface area contributed by atoms with E-state index in [0.717, 1.165) is 25.7 Å². The molecule has 1 aliphatic carbocycles. The summed E-state index contributed by atoms with van der Waals surface area (Å²) >= 11 is 11.8. The number of carbonyl (C=O) groups excluding carboxylic acids is 1. The van der Waals surface area contributed by atoms with Gasteiger partial charge in [-0.1, -0.05) is 15.9 Å². The van der Waals surface area contributed by atoms with Gasteiger partial charge < -0.3 is 5.32 Å². The van der Waals surface area contributed by atoms with Crippen LogP contribution in [0.5, 0.6) is 0 Å². The van der Waals surface area contributed by atoms with Crippen LogP contribution in [0.25, 0.3) is 0 Å². The van der Waals surface area contributed by atoms with Crippen molar-refractivity contribution in [1.82, 2.24) is 5.32 Å². The average Bonchev–Trinajstić information content (AvgIpc) is 2.51. The van der Waals surface area contributed by atoms with Gasteiger partial charge in [-0.25, -0.2) is 0 Å². The van der Waals surface area contributed by atoms with Gasteiger partial charge in [0, 0.05) is 5.33 Å². The smallest absolute Gasteiger partial charge is 0.253 e. The number of nitrogens with one attached hydrogen (secondary N) is 1. The lowest BCUT2D eigenvalue weighted by atomic mass is 9.78. The number of halogens is 3. The second-order valence-electron chi connectivity index (χ2n) is 3.96. The van der Waals surface area contributed by atoms with Crippen LogP contribution in [-0.2, 0) is 0 Å². The molecule has 0 unspecified atom stereocenters. The molecule has 1 aromatic heterocycles. The first-order valence-electron chi connectivity index (χ1n) is 4.90. The minimum atomic E-state index is -0.0229. The van der Waals surface area contributed by atoms with Gasteiger partial charge in [-0.2, -0.15) is 0 Å². The fourth-order valence-electron chi connectivity index (χ4n) is 1.70. The highest BCUT2D eigenvalue weighted by molar-refractivity contribution is 9.12. The number of rotatable bonds is 3. The van der Waals surface area contributed by atoms with Gasteiger partial charge in [0.2, 0.25) is 0 Å². The van der Waals surface area contributed by atoms with E-state index in [-0.39, 0.29) is 11.4 Å². The molecular formula is C10H10Br3NOS. The van der Waals surface area contributed by atoms with Crippen molar-refractivity contribution in [3.05, 3.63) is 19.2 Å². The molecule has 0 radical (unpaired) electrons. The van der Waals surface area contributed by atoms with Gasteiger partial charge in [-0.15, -0.1) is 11.3 Å². The lowest BCUT2D eigenvalue weighted by molar-refractivity contribution is 0.0856. The van der Waals surface area contributed by atoms with Crippen molar-refractivity contribution in [2.45, 2.75) is 24.8 Å². The van der Waals surface area contributed by atoms with E-state index in [1.807, 2.05) is 6.07 Å². The Morgan fingerprint density at radius 1 is 1.50 bits per heavy atom. The van der Waals surface area contributed by atoms with Gasteiger partial charge in [0.05, 0.1) is 18.7 Å². The van der Waals surface area contributed by atoms with Crippen molar-refractivity contribution in [2.75, 3.05) is 5.33 Å². The molecule has 2 nitrogen and oxygen atoms in total. The standard InChI is InChI=1S/C10H10Br3NOS/c11-5-10(2-1-3-10)14-9(15)6-4-7(12)16-8(6)13/h4H,1-3,5H2,(H,14,15). The summed E-state index contributed by atoms with van der Waals surface area (Å²) in [5.41, 5.74) is 0.689. The van der Waals surface area contributed by atoms with Gasteiger partial charge in [0.15, 0.2) is 0 Å². The summed E-state index contributed by atoms with van der Waals surface area (Å²) in [5, 5.41) is 3.95. The van der Waals surface area contributed by atoms with Crippen molar-refractivity contribution in [1.29, 1.82) is 0 Å². The summed E-state index contributed by atoms with van der Waals surface area (Å²) in [6.07, 6.45) is 3.32. The van der Waals surface area contributed by atoms with Crippen LogP contribution in [0, 0.1) is 0 Å². The van der Waals surface area contributed by atoms with Crippen molar-refractivity contribution >= 4 is 65.0 Å². The van der Waals surface area contributed by atoms with Gasteiger partial charge in [-0.3, -0.25) is 4.79 Å². The molecular weight excluding hydrogens is 422 g/mol. The molecule has 16 heavy (non-hydrogen) atoms. The third-order valence-corrected chi connectivity index (χ3v) is 6.26. The highest BCUT2D eigenvalue weighted by atomic mass is 79.9. The molecule has 0 saturated heterocycles. The predicted molar refractivity (Wildman–Crippen MR) is 77.6 cm³/mol. The first-order chi connectivity index (χ1) is 7.56. The van der Waals surface area contributed by atoms with Crippen LogP contribution < -0.4 is 5.32 Å². The zero-order valence-electron chi connectivity index (χ0n) is 8.36. The second-order valence-corrected chi connectivity index (χ2v) is 8.27. The van der Waals surface area contributed by atoms with Gasteiger partial charge in [-0.05, 0) is 57.2 Å². The Labute approximate surface area is 124 Å². The van der Waals surface area contributed by atoms with Crippen molar-refractivity contribution in [2.24, 2.45) is 0 Å². The fourth-order valence-corrected chi connectivity index (χ4v) is 5.19. The van der Waals surface area contributed by atoms with Crippen LogP contribution in [0.4, 0.5) is 0 Å². The van der Waals surface area contributed by atoms with E-state index >= 15 is 0 Å². The first-order valence-corrected chi connectivity index (χ1v) is 8.42. The largest absolute Gasteiger partial charge is 0.346 e. The molecule has 0 bridgehead atoms. The van der Waals surface area contributed by atoms with E-state index in [9.17, 15) is 4.79 Å². The molecule has 1 amide bonds. The molecule has 1 saturated carbocycles. The van der Waals surface area contributed by atoms with Crippen LogP contribution in [0.15, 0.2) is 13.6 Å². The predicted octanol–water partition coefficient (Wildman–Crippen LogP) is 4.32. The lowest BCUT2D eigenvalue weighted by Gasteiger charge is -2.41. The average molecular weight is 432 g/mol. The number of hydrogen-bond acceptors (Lipinski definition) is 2. The Hall–Kier alpha value is 0.610. The molecule has 1 fully saturated rings. The van der Waals surface area contributed by atoms with E-state index < -0.39 is 0 Å². The van der Waals surface area contributed by atoms with Crippen molar-refractivity contribution in [3.8, 4) is 0 Å². The first kappa shape index (κ1) is 13.1. The Morgan fingerprint density at radius 2 is 2.19 bits per heavy atom. The van der Waals surface area contributed by atoms with E-state index in [2.05, 4.69) is 53.1 Å². The van der Waals surface area contributed by atoms with Crippen molar-refractivity contribution < 1.29 is 4.79 Å². The van der Waals surface area contributed by atoms with Crippen LogP contribution >= 0.6 is 59.1 Å². The zero-order valence-corrected chi connectivity index (χ0v) is 13.9. The zero-order chi connectivity index (χ0) is 11.8. The fraction of sp³-hybridized carbons (Fsp3) is 0.500. The highest BCUT2D eigenvalue weighted by Crippen LogP contribution is 2.36. The van der Waals surface area contributed by atoms with E-state index in [1.165, 1.54) is 17.8 Å². The summed E-state index contributed by atoms with van der Waals surface area (Å²) in [5.74, 6) is 0.00738. The van der Waals surface area contributed by atoms with E-state index in [4.69, 9.17) is 0 Å². The molecule has 1 heterocycles. The number of alkyl halides is 1. The third kappa shape index (κ3) is 2.54. The lowest BCUT2D eigenvalue weighted by Crippen LogP contribution is -2.54. The Bertz CT molecular complexity index is 409. The monoisotopic (exact) mass is 429 g/mol. The van der Waals surface area contributed by atoms with Crippen LogP contribution in [0.1, 0.15) is 29.6 Å². The van der Waals surface area contributed by atoms with Crippen LogP contribution in [0.3, 0.4) is 0 Å². The summed E-state index contributed by atoms with van der Waals surface area (Å²) in [6, 6.07) is 1.85. The van der Waals surface area contributed by atoms with E-state index in [1.54, 1.807) is 0 Å². The Balaban J connectivity index is 2.11. The van der Waals surface area contributed by atoms with Gasteiger partial charge in [0.25, 0.3) is 5.91 Å². The van der Waals surface area contributed by atoms with E-state index in [0.29, 0.717) is 5.56 Å². The molecule has 88 valence electrons. The summed E-state index contributed by atoms with van der Waals surface area (Å²) in [7, 11) is 0. The molecule has 0 spiro atoms. The maximum Gasteiger partial charge on any atom is 0.253 e. The van der Waals surface area contributed by atoms with Crippen molar-refractivity contribution in [3.63, 3.8) is 0 Å². The second kappa shape index (κ2) is 5.08. The molecule has 0 aliphatic heterocycles. The maximum absolute atomic E-state index is 12.1. The number of hydrogen-bond donors (Lipinski definition) is 1. The summed E-state index contributed by atoms with van der Waals surface area (Å²) in [6.45, 7) is 0. The van der Waals surface area contributed by atoms with Gasteiger partial charge >= 0.3 is 0 Å². The minimum absolute atomic E-state index is 0.00738. The number of amides is 1. The summed E-state index contributed by atoms with van der Waals surface area (Å²) < 4.78 is 1.84. The minimum Gasteiger partial charge on any atom is -0.346 e. The topological polar surface area (TPSA) is 29.1 Å². The molecule has 1 aliphatic rings. The SMILES string of the molecule is O=C(NC1(CBr)CCC1)c1cc(Br)sc1Br. The van der Waals surface area contributed by atoms with Gasteiger partial charge in [0.1, 0.15) is 0 Å². The quantitative estimate of drug-likeness (QED) is 0.709. The molecule has 0 atom stereocenters. The number of carbonyl (C=O) groups is 1. The molecule has 6 heteroatoms. The molecule has 1 aromatic rings. The Kier molecular flexibility index (Phi) is 4.14. The summed E-state index contributed by atoms with van der Waals surface area (Å²) in [4.78, 5) is 12.1. The molecule has 1 N–H and O–H groups in total. The maximum atomic E-state index is 12.1. The van der Waals surface area contributed by atoms with Crippen LogP contribution in [-0.4, -0.2) is 16.8 Å². The normalized spacial score (nSPS) is 17.9. The number of thiophene rings is 1. The molecule has 2 rings (SSSR count). The highest BCUT2D eigenvalue weighted by Gasteiger charge is 2.37.